The van der Waals surface area contributed by atoms with Crippen LogP contribution in [0.25, 0.3) is 0 Å². The largest absolute Gasteiger partial charge is 0.360 e. The normalized spacial score (nSPS) is 19.9. The third kappa shape index (κ3) is 4.41. The first-order chi connectivity index (χ1) is 12.8. The average molecular weight is 415 g/mol. The van der Waals surface area contributed by atoms with Gasteiger partial charge < -0.3 is 9.05 Å². The van der Waals surface area contributed by atoms with Crippen molar-refractivity contribution in [2.75, 3.05) is 19.0 Å². The molecule has 27 heavy (non-hydrogen) atoms. The molecule has 0 radical (unpaired) electrons. The van der Waals surface area contributed by atoms with Gasteiger partial charge >= 0.3 is 7.60 Å². The van der Waals surface area contributed by atoms with Crippen molar-refractivity contribution in [3.05, 3.63) is 47.5 Å². The van der Waals surface area contributed by atoms with E-state index >= 15 is 0 Å². The van der Waals surface area contributed by atoms with Crippen LogP contribution >= 0.6 is 7.60 Å². The second-order valence-corrected chi connectivity index (χ2v) is 10.4. The Bertz CT molecular complexity index is 854. The highest BCUT2D eigenvalue weighted by Crippen LogP contribution is 2.66. The van der Waals surface area contributed by atoms with Crippen LogP contribution in [0.5, 0.6) is 0 Å². The van der Waals surface area contributed by atoms with E-state index in [2.05, 4.69) is 4.72 Å². The number of nitrogens with one attached hydrogen (secondary N) is 1. The van der Waals surface area contributed by atoms with Gasteiger partial charge in [0.2, 0.25) is 10.0 Å². The molecule has 1 N–H and O–H groups in total. The Hall–Kier alpha value is -1.31. The summed E-state index contributed by atoms with van der Waals surface area (Å²) >= 11 is 0. The van der Waals surface area contributed by atoms with E-state index in [0.717, 1.165) is 0 Å². The van der Waals surface area contributed by atoms with E-state index in [4.69, 9.17) is 9.05 Å². The molecule has 0 saturated carbocycles. The van der Waals surface area contributed by atoms with Crippen molar-refractivity contribution in [2.24, 2.45) is 0 Å². The highest BCUT2D eigenvalue weighted by atomic mass is 32.2. The van der Waals surface area contributed by atoms with Gasteiger partial charge in [-0.3, -0.25) is 9.36 Å². The minimum atomic E-state index is -4.06. The lowest BCUT2D eigenvalue weighted by Crippen LogP contribution is -2.47. The van der Waals surface area contributed by atoms with Crippen LogP contribution in [0, 0.1) is 0 Å². The molecule has 2 rings (SSSR count). The summed E-state index contributed by atoms with van der Waals surface area (Å²) in [4.78, 5) is 12.3. The van der Waals surface area contributed by atoms with Crippen molar-refractivity contribution in [1.29, 1.82) is 0 Å². The predicted molar refractivity (Wildman–Crippen MR) is 104 cm³/mol. The van der Waals surface area contributed by atoms with E-state index in [1.807, 2.05) is 13.8 Å². The molecule has 0 fully saturated rings. The molecule has 0 saturated heterocycles. The predicted octanol–water partition coefficient (Wildman–Crippen LogP) is 3.58. The lowest BCUT2D eigenvalue weighted by molar-refractivity contribution is 0.104. The fourth-order valence-electron chi connectivity index (χ4n) is 2.76. The molecular formula is C18H26NO6PS. The molecule has 0 aliphatic heterocycles. The van der Waals surface area contributed by atoms with E-state index in [1.165, 1.54) is 19.1 Å². The molecule has 1 aromatic carbocycles. The summed E-state index contributed by atoms with van der Waals surface area (Å²) in [5.41, 5.74) is 0.532. The van der Waals surface area contributed by atoms with Crippen LogP contribution in [0.2, 0.25) is 0 Å². The summed E-state index contributed by atoms with van der Waals surface area (Å²) in [5.74, 6) is -0.519. The van der Waals surface area contributed by atoms with Crippen LogP contribution in [-0.4, -0.2) is 33.2 Å². The van der Waals surface area contributed by atoms with Crippen LogP contribution in [0.4, 0.5) is 0 Å². The maximum absolute atomic E-state index is 13.9. The molecule has 1 aromatic rings. The fourth-order valence-corrected chi connectivity index (χ4v) is 6.50. The Morgan fingerprint density at radius 3 is 2.22 bits per heavy atom. The van der Waals surface area contributed by atoms with Gasteiger partial charge in [-0.15, -0.1) is 0 Å². The van der Waals surface area contributed by atoms with Crippen molar-refractivity contribution < 1.29 is 26.8 Å². The molecule has 1 aliphatic carbocycles. The molecule has 9 heteroatoms. The van der Waals surface area contributed by atoms with Crippen molar-refractivity contribution in [3.8, 4) is 0 Å². The van der Waals surface area contributed by atoms with Gasteiger partial charge in [-0.25, -0.2) is 8.42 Å². The average Bonchev–Trinajstić information content (AvgIpc) is 2.67. The number of hydrogen-bond acceptors (Lipinski definition) is 6. The van der Waals surface area contributed by atoms with E-state index in [-0.39, 0.29) is 35.9 Å². The summed E-state index contributed by atoms with van der Waals surface area (Å²) in [6, 6.07) is 6.47. The molecule has 0 heterocycles. The van der Waals surface area contributed by atoms with Gasteiger partial charge in [0.1, 0.15) is 0 Å². The number of rotatable bonds is 10. The van der Waals surface area contributed by atoms with Crippen molar-refractivity contribution in [3.63, 3.8) is 0 Å². The Morgan fingerprint density at radius 2 is 1.67 bits per heavy atom. The van der Waals surface area contributed by atoms with Crippen LogP contribution in [0.1, 0.15) is 49.5 Å². The van der Waals surface area contributed by atoms with Gasteiger partial charge in [-0.2, -0.15) is 4.72 Å². The van der Waals surface area contributed by atoms with E-state index in [1.54, 1.807) is 24.3 Å². The number of fused-ring (bicyclic) bond motifs is 1. The van der Waals surface area contributed by atoms with E-state index < -0.39 is 22.9 Å². The summed E-state index contributed by atoms with van der Waals surface area (Å²) in [5, 5.41) is -1.79. The topological polar surface area (TPSA) is 98.8 Å². The van der Waals surface area contributed by atoms with Gasteiger partial charge in [0.25, 0.3) is 0 Å². The maximum atomic E-state index is 13.9. The number of hydrogen-bond donors (Lipinski definition) is 1. The van der Waals surface area contributed by atoms with Crippen LogP contribution in [-0.2, 0) is 28.9 Å². The lowest BCUT2D eigenvalue weighted by Gasteiger charge is -2.39. The highest BCUT2D eigenvalue weighted by molar-refractivity contribution is 7.89. The van der Waals surface area contributed by atoms with Gasteiger partial charge in [0.05, 0.1) is 19.0 Å². The molecule has 0 bridgehead atoms. The Balaban J connectivity index is 2.75. The third-order valence-corrected chi connectivity index (χ3v) is 8.09. The molecule has 1 unspecified atom stereocenters. The zero-order chi connectivity index (χ0) is 20.1. The van der Waals surface area contributed by atoms with E-state index in [0.29, 0.717) is 12.8 Å². The molecule has 1 aliphatic rings. The Kier molecular flexibility index (Phi) is 7.16. The van der Waals surface area contributed by atoms with Gasteiger partial charge in [0, 0.05) is 11.1 Å². The second-order valence-electron chi connectivity index (χ2n) is 6.18. The van der Waals surface area contributed by atoms with Crippen LogP contribution in [0.15, 0.2) is 36.4 Å². The summed E-state index contributed by atoms with van der Waals surface area (Å²) in [7, 11) is -7.87. The van der Waals surface area contributed by atoms with Gasteiger partial charge in [0.15, 0.2) is 11.1 Å². The van der Waals surface area contributed by atoms with Gasteiger partial charge in [-0.05, 0) is 31.9 Å². The zero-order valence-electron chi connectivity index (χ0n) is 15.8. The maximum Gasteiger partial charge on any atom is 0.360 e. The standard InChI is InChI=1S/C18H26NO6PS/c1-4-13-24-26(21,25-14-5-2)18(19-27(22,23)6-3)12-11-17(20)15-9-7-8-10-16(15)18/h7-12,19H,4-6,13-14H2,1-3H3. The van der Waals surface area contributed by atoms with Crippen LogP contribution < -0.4 is 4.72 Å². The number of sulfonamides is 1. The molecule has 0 spiro atoms. The smallest absolute Gasteiger partial charge is 0.307 e. The highest BCUT2D eigenvalue weighted by Gasteiger charge is 2.55. The summed E-state index contributed by atoms with van der Waals surface area (Å²) < 4.78 is 52.7. The minimum absolute atomic E-state index is 0.126. The SMILES string of the molecule is CCCOP(=O)(OCCC)C1(NS(=O)(=O)CC)C=CC(=O)c2ccccc21. The molecule has 0 amide bonds. The zero-order valence-corrected chi connectivity index (χ0v) is 17.5. The number of allylic oxidation sites excluding steroid dienone is 1. The van der Waals surface area contributed by atoms with Crippen molar-refractivity contribution in [1.82, 2.24) is 4.72 Å². The molecule has 0 aromatic heterocycles. The number of carbonyl (C=O) groups is 1. The number of carbonyl (C=O) groups excluding carboxylic acids is 1. The quantitative estimate of drug-likeness (QED) is 0.587. The monoisotopic (exact) mass is 415 g/mol. The summed E-state index contributed by atoms with van der Waals surface area (Å²) in [6.45, 7) is 5.42. The first-order valence-corrected chi connectivity index (χ1v) is 12.2. The van der Waals surface area contributed by atoms with Crippen molar-refractivity contribution >= 4 is 23.4 Å². The Labute approximate surface area is 160 Å². The summed E-state index contributed by atoms with van der Waals surface area (Å²) in [6.07, 6.45) is 3.66. The Morgan fingerprint density at radius 1 is 1.07 bits per heavy atom. The first-order valence-electron chi connectivity index (χ1n) is 8.99. The number of benzene rings is 1. The van der Waals surface area contributed by atoms with Crippen LogP contribution in [0.3, 0.4) is 0 Å². The van der Waals surface area contributed by atoms with Crippen molar-refractivity contribution in [2.45, 2.75) is 38.9 Å². The lowest BCUT2D eigenvalue weighted by atomic mass is 9.92. The van der Waals surface area contributed by atoms with Gasteiger partial charge in [-0.1, -0.05) is 38.1 Å². The second kappa shape index (κ2) is 8.80. The van der Waals surface area contributed by atoms with E-state index in [9.17, 15) is 17.8 Å². The minimum Gasteiger partial charge on any atom is -0.307 e. The molecular weight excluding hydrogens is 389 g/mol. The number of ketones is 1. The fraction of sp³-hybridized carbons (Fsp3) is 0.500. The first kappa shape index (κ1) is 22.0. The molecule has 7 nitrogen and oxygen atoms in total. The molecule has 150 valence electrons. The molecule has 1 atom stereocenters. The third-order valence-electron chi connectivity index (χ3n) is 4.13.